The van der Waals surface area contributed by atoms with Crippen molar-refractivity contribution in [2.24, 2.45) is 0 Å². The van der Waals surface area contributed by atoms with Crippen LogP contribution in [-0.2, 0) is 0 Å². The Labute approximate surface area is 127 Å². The summed E-state index contributed by atoms with van der Waals surface area (Å²) in [6.45, 7) is 0. The van der Waals surface area contributed by atoms with Gasteiger partial charge in [0.15, 0.2) is 0 Å². The average molecular weight is 306 g/mol. The zero-order valence-corrected chi connectivity index (χ0v) is 12.3. The number of hydrogen-bond donors (Lipinski definition) is 1. The van der Waals surface area contributed by atoms with Gasteiger partial charge >= 0.3 is 5.97 Å². The molecule has 1 aliphatic rings. The fourth-order valence-corrected chi connectivity index (χ4v) is 2.80. The molecule has 0 heterocycles. The van der Waals surface area contributed by atoms with Crippen molar-refractivity contribution in [1.82, 2.24) is 4.90 Å². The Kier molecular flexibility index (Phi) is 4.75. The van der Waals surface area contributed by atoms with E-state index >= 15 is 0 Å². The fourth-order valence-electron chi connectivity index (χ4n) is 2.80. The summed E-state index contributed by atoms with van der Waals surface area (Å²) in [5, 5.41) is 19.9. The molecule has 1 amide bonds. The van der Waals surface area contributed by atoms with E-state index in [1.165, 1.54) is 6.07 Å². The van der Waals surface area contributed by atoms with Gasteiger partial charge < -0.3 is 10.0 Å². The minimum absolute atomic E-state index is 0.0414. The largest absolute Gasteiger partial charge is 0.478 e. The lowest BCUT2D eigenvalue weighted by Crippen LogP contribution is -2.38. The van der Waals surface area contributed by atoms with Gasteiger partial charge in [-0.3, -0.25) is 14.9 Å². The molecule has 1 saturated carbocycles. The third-order valence-electron chi connectivity index (χ3n) is 4.07. The summed E-state index contributed by atoms with van der Waals surface area (Å²) < 4.78 is 0. The summed E-state index contributed by atoms with van der Waals surface area (Å²) in [6.07, 6.45) is 5.07. The zero-order chi connectivity index (χ0) is 16.3. The van der Waals surface area contributed by atoms with Gasteiger partial charge in [0.2, 0.25) is 0 Å². The summed E-state index contributed by atoms with van der Waals surface area (Å²) in [6, 6.07) is 3.39. The number of rotatable bonds is 4. The van der Waals surface area contributed by atoms with Crippen LogP contribution in [0.5, 0.6) is 0 Å². The van der Waals surface area contributed by atoms with E-state index in [1.54, 1.807) is 11.9 Å². The van der Waals surface area contributed by atoms with Crippen LogP contribution in [-0.4, -0.2) is 39.9 Å². The van der Waals surface area contributed by atoms with Crippen LogP contribution in [0.4, 0.5) is 5.69 Å². The molecule has 22 heavy (non-hydrogen) atoms. The quantitative estimate of drug-likeness (QED) is 0.680. The molecule has 7 heteroatoms. The van der Waals surface area contributed by atoms with Crippen LogP contribution in [0.1, 0.15) is 52.8 Å². The number of hydrogen-bond acceptors (Lipinski definition) is 4. The highest BCUT2D eigenvalue weighted by molar-refractivity contribution is 5.98. The van der Waals surface area contributed by atoms with Gasteiger partial charge in [0, 0.05) is 30.8 Å². The molecule has 0 radical (unpaired) electrons. The van der Waals surface area contributed by atoms with Crippen molar-refractivity contribution >= 4 is 17.6 Å². The molecular formula is C15H18N2O5. The van der Waals surface area contributed by atoms with Gasteiger partial charge in [-0.2, -0.15) is 0 Å². The molecule has 2 rings (SSSR count). The first-order valence-electron chi connectivity index (χ1n) is 7.20. The first-order valence-corrected chi connectivity index (χ1v) is 7.20. The van der Waals surface area contributed by atoms with Gasteiger partial charge in [-0.15, -0.1) is 0 Å². The smallest absolute Gasteiger partial charge is 0.335 e. The Bertz CT molecular complexity index is 576. The number of benzene rings is 1. The Morgan fingerprint density at radius 1 is 1.18 bits per heavy atom. The molecule has 1 aromatic rings. The monoisotopic (exact) mass is 306 g/mol. The van der Waals surface area contributed by atoms with E-state index in [0.717, 1.165) is 44.2 Å². The molecular weight excluding hydrogens is 288 g/mol. The number of carbonyl (C=O) groups excluding carboxylic acids is 1. The number of non-ortho nitro benzene ring substituents is 1. The second-order valence-corrected chi connectivity index (χ2v) is 5.54. The summed E-state index contributed by atoms with van der Waals surface area (Å²) in [4.78, 5) is 35.4. The van der Waals surface area contributed by atoms with Gasteiger partial charge in [-0.25, -0.2) is 4.79 Å². The summed E-state index contributed by atoms with van der Waals surface area (Å²) >= 11 is 0. The molecule has 118 valence electrons. The van der Waals surface area contributed by atoms with Crippen LogP contribution in [0.2, 0.25) is 0 Å². The number of carboxylic acids is 1. The zero-order valence-electron chi connectivity index (χ0n) is 12.3. The van der Waals surface area contributed by atoms with Crippen molar-refractivity contribution in [3.63, 3.8) is 0 Å². The van der Waals surface area contributed by atoms with Crippen molar-refractivity contribution < 1.29 is 19.6 Å². The minimum atomic E-state index is -1.29. The average Bonchev–Trinajstić information content (AvgIpc) is 2.53. The summed E-state index contributed by atoms with van der Waals surface area (Å²) in [7, 11) is 1.66. The predicted octanol–water partition coefficient (Wildman–Crippen LogP) is 2.70. The lowest BCUT2D eigenvalue weighted by Gasteiger charge is -2.31. The molecule has 0 atom stereocenters. The molecule has 0 aliphatic heterocycles. The number of carbonyl (C=O) groups is 2. The maximum atomic E-state index is 12.5. The fraction of sp³-hybridized carbons (Fsp3) is 0.467. The second-order valence-electron chi connectivity index (χ2n) is 5.54. The maximum absolute atomic E-state index is 12.5. The lowest BCUT2D eigenvalue weighted by atomic mass is 9.94. The molecule has 0 aromatic heterocycles. The Morgan fingerprint density at radius 3 is 2.32 bits per heavy atom. The van der Waals surface area contributed by atoms with Crippen LogP contribution in [0.25, 0.3) is 0 Å². The highest BCUT2D eigenvalue weighted by atomic mass is 16.6. The van der Waals surface area contributed by atoms with E-state index in [4.69, 9.17) is 5.11 Å². The predicted molar refractivity (Wildman–Crippen MR) is 79.0 cm³/mol. The van der Waals surface area contributed by atoms with E-state index in [1.807, 2.05) is 0 Å². The molecule has 1 fully saturated rings. The number of aromatic carboxylic acids is 1. The van der Waals surface area contributed by atoms with Crippen molar-refractivity contribution in [3.05, 3.63) is 39.4 Å². The van der Waals surface area contributed by atoms with Crippen molar-refractivity contribution in [2.75, 3.05) is 7.05 Å². The number of amides is 1. The molecule has 0 bridgehead atoms. The molecule has 1 aliphatic carbocycles. The van der Waals surface area contributed by atoms with Gasteiger partial charge in [0.05, 0.1) is 10.5 Å². The van der Waals surface area contributed by atoms with E-state index in [0.29, 0.717) is 0 Å². The highest BCUT2D eigenvalue weighted by Crippen LogP contribution is 2.24. The SMILES string of the molecule is CN(C(=O)c1cc(C(=O)O)cc([N+](=O)[O-])c1)C1CCCCC1. The topological polar surface area (TPSA) is 101 Å². The number of nitro groups is 1. The van der Waals surface area contributed by atoms with Crippen LogP contribution in [0.15, 0.2) is 18.2 Å². The number of carboxylic acid groups (broad SMARTS) is 1. The van der Waals surface area contributed by atoms with E-state index < -0.39 is 10.9 Å². The second kappa shape index (κ2) is 6.55. The van der Waals surface area contributed by atoms with Gasteiger partial charge in [-0.1, -0.05) is 19.3 Å². The van der Waals surface area contributed by atoms with Crippen LogP contribution in [0.3, 0.4) is 0 Å². The lowest BCUT2D eigenvalue weighted by molar-refractivity contribution is -0.384. The Hall–Kier alpha value is -2.44. The first kappa shape index (κ1) is 15.9. The Morgan fingerprint density at radius 2 is 1.77 bits per heavy atom. The van der Waals surface area contributed by atoms with E-state index in [9.17, 15) is 19.7 Å². The molecule has 1 N–H and O–H groups in total. The highest BCUT2D eigenvalue weighted by Gasteiger charge is 2.25. The van der Waals surface area contributed by atoms with E-state index in [2.05, 4.69) is 0 Å². The third kappa shape index (κ3) is 3.41. The number of nitrogens with zero attached hydrogens (tertiary/aromatic N) is 2. The standard InChI is InChI=1S/C15H18N2O5/c1-16(12-5-3-2-4-6-12)14(18)10-7-11(15(19)20)9-13(8-10)17(21)22/h7-9,12H,2-6H2,1H3,(H,19,20). The van der Waals surface area contributed by atoms with E-state index in [-0.39, 0.29) is 28.8 Å². The molecule has 0 unspecified atom stereocenters. The number of nitro benzene ring substituents is 1. The van der Waals surface area contributed by atoms with Crippen LogP contribution in [0, 0.1) is 10.1 Å². The summed E-state index contributed by atoms with van der Waals surface area (Å²) in [5.74, 6) is -1.67. The van der Waals surface area contributed by atoms with Crippen molar-refractivity contribution in [2.45, 2.75) is 38.1 Å². The molecule has 0 saturated heterocycles. The Balaban J connectivity index is 2.31. The molecule has 0 spiro atoms. The van der Waals surface area contributed by atoms with Gasteiger partial charge in [0.1, 0.15) is 0 Å². The third-order valence-corrected chi connectivity index (χ3v) is 4.07. The van der Waals surface area contributed by atoms with Gasteiger partial charge in [0.25, 0.3) is 11.6 Å². The van der Waals surface area contributed by atoms with Crippen molar-refractivity contribution in [3.8, 4) is 0 Å². The maximum Gasteiger partial charge on any atom is 0.335 e. The van der Waals surface area contributed by atoms with Crippen molar-refractivity contribution in [1.29, 1.82) is 0 Å². The molecule has 7 nitrogen and oxygen atoms in total. The first-order chi connectivity index (χ1) is 10.4. The molecule has 1 aromatic carbocycles. The normalized spacial score (nSPS) is 15.3. The van der Waals surface area contributed by atoms with Crippen LogP contribution >= 0.6 is 0 Å². The van der Waals surface area contributed by atoms with Crippen LogP contribution < -0.4 is 0 Å². The van der Waals surface area contributed by atoms with Gasteiger partial charge in [-0.05, 0) is 18.9 Å². The minimum Gasteiger partial charge on any atom is -0.478 e. The summed E-state index contributed by atoms with van der Waals surface area (Å²) in [5.41, 5.74) is -0.602.